The van der Waals surface area contributed by atoms with E-state index in [1.807, 2.05) is 6.07 Å². The molecule has 1 aliphatic rings. The lowest BCUT2D eigenvalue weighted by atomic mass is 9.85. The molecule has 0 bridgehead atoms. The Morgan fingerprint density at radius 2 is 2.25 bits per heavy atom. The summed E-state index contributed by atoms with van der Waals surface area (Å²) in [6, 6.07) is 3.64. The summed E-state index contributed by atoms with van der Waals surface area (Å²) in [4.78, 5) is 8.35. The summed E-state index contributed by atoms with van der Waals surface area (Å²) >= 11 is 5.96. The van der Waals surface area contributed by atoms with Gasteiger partial charge >= 0.3 is 0 Å². The first-order valence-electron chi connectivity index (χ1n) is 5.29. The first-order valence-corrected chi connectivity index (χ1v) is 5.67. The highest BCUT2D eigenvalue weighted by Crippen LogP contribution is 2.36. The van der Waals surface area contributed by atoms with Crippen molar-refractivity contribution in [3.05, 3.63) is 29.4 Å². The van der Waals surface area contributed by atoms with Crippen molar-refractivity contribution in [3.63, 3.8) is 0 Å². The molecule has 0 aromatic carbocycles. The molecule has 3 rings (SSSR count). The molecular weight excluding hydrogens is 226 g/mol. The third kappa shape index (κ3) is 1.59. The maximum atomic E-state index is 5.96. The first kappa shape index (κ1) is 9.78. The van der Waals surface area contributed by atoms with E-state index in [9.17, 15) is 0 Å². The van der Waals surface area contributed by atoms with E-state index in [1.165, 1.54) is 6.42 Å². The van der Waals surface area contributed by atoms with Crippen LogP contribution >= 0.6 is 11.6 Å². The minimum Gasteiger partial charge on any atom is -0.339 e. The Morgan fingerprint density at radius 1 is 1.38 bits per heavy atom. The van der Waals surface area contributed by atoms with E-state index in [-0.39, 0.29) is 0 Å². The maximum absolute atomic E-state index is 5.96. The van der Waals surface area contributed by atoms with Crippen molar-refractivity contribution in [1.29, 1.82) is 0 Å². The molecule has 5 heteroatoms. The van der Waals surface area contributed by atoms with Crippen LogP contribution in [0.4, 0.5) is 0 Å². The lowest BCUT2D eigenvalue weighted by molar-refractivity contribution is 0.292. The fourth-order valence-corrected chi connectivity index (χ4v) is 1.92. The molecule has 2 heterocycles. The number of hydrogen-bond acceptors (Lipinski definition) is 4. The van der Waals surface area contributed by atoms with Gasteiger partial charge in [0, 0.05) is 12.1 Å². The van der Waals surface area contributed by atoms with Gasteiger partial charge in [0.05, 0.1) is 5.56 Å². The fraction of sp³-hybridized carbons (Fsp3) is 0.364. The summed E-state index contributed by atoms with van der Waals surface area (Å²) in [6.45, 7) is 0. The van der Waals surface area contributed by atoms with Gasteiger partial charge in [0.1, 0.15) is 5.15 Å². The van der Waals surface area contributed by atoms with Crippen LogP contribution < -0.4 is 0 Å². The molecule has 1 saturated carbocycles. The van der Waals surface area contributed by atoms with Gasteiger partial charge in [0.15, 0.2) is 0 Å². The zero-order valence-electron chi connectivity index (χ0n) is 8.56. The Labute approximate surface area is 97.7 Å². The van der Waals surface area contributed by atoms with Crippen LogP contribution in [0.5, 0.6) is 0 Å². The van der Waals surface area contributed by atoms with Crippen LogP contribution in [0, 0.1) is 0 Å². The molecule has 16 heavy (non-hydrogen) atoms. The normalized spacial score (nSPS) is 16.1. The number of halogens is 1. The van der Waals surface area contributed by atoms with Crippen LogP contribution in [0.2, 0.25) is 5.15 Å². The van der Waals surface area contributed by atoms with Crippen molar-refractivity contribution in [2.75, 3.05) is 0 Å². The fourth-order valence-electron chi connectivity index (χ4n) is 1.72. The number of nitrogens with zero attached hydrogens (tertiary/aromatic N) is 3. The summed E-state index contributed by atoms with van der Waals surface area (Å²) in [5.41, 5.74) is 0.721. The highest BCUT2D eigenvalue weighted by Gasteiger charge is 2.25. The average Bonchev–Trinajstić information content (AvgIpc) is 2.65. The van der Waals surface area contributed by atoms with Crippen LogP contribution in [0.25, 0.3) is 11.4 Å². The van der Waals surface area contributed by atoms with Gasteiger partial charge in [-0.2, -0.15) is 4.98 Å². The number of aromatic nitrogens is 3. The summed E-state index contributed by atoms with van der Waals surface area (Å²) < 4.78 is 5.23. The molecule has 0 amide bonds. The van der Waals surface area contributed by atoms with Crippen LogP contribution in [-0.4, -0.2) is 15.1 Å². The Bertz CT molecular complexity index is 507. The maximum Gasteiger partial charge on any atom is 0.230 e. The Balaban J connectivity index is 1.95. The highest BCUT2D eigenvalue weighted by molar-refractivity contribution is 6.31. The second-order valence-electron chi connectivity index (χ2n) is 3.93. The van der Waals surface area contributed by atoms with Crippen LogP contribution in [-0.2, 0) is 0 Å². The largest absolute Gasteiger partial charge is 0.339 e. The number of rotatable bonds is 2. The van der Waals surface area contributed by atoms with Gasteiger partial charge in [0.2, 0.25) is 11.7 Å². The van der Waals surface area contributed by atoms with Gasteiger partial charge in [-0.25, -0.2) is 4.98 Å². The molecule has 0 aliphatic heterocycles. The Morgan fingerprint density at radius 3 is 2.94 bits per heavy atom. The predicted octanol–water partition coefficient (Wildman–Crippen LogP) is 3.05. The number of hydrogen-bond donors (Lipinski definition) is 0. The van der Waals surface area contributed by atoms with E-state index < -0.39 is 0 Å². The molecule has 82 valence electrons. The van der Waals surface area contributed by atoms with Crippen LogP contribution in [0.15, 0.2) is 22.9 Å². The quantitative estimate of drug-likeness (QED) is 0.751. The van der Waals surface area contributed by atoms with Crippen molar-refractivity contribution < 1.29 is 4.52 Å². The molecule has 0 unspecified atom stereocenters. The van der Waals surface area contributed by atoms with Gasteiger partial charge in [-0.15, -0.1) is 0 Å². The zero-order valence-corrected chi connectivity index (χ0v) is 9.31. The van der Waals surface area contributed by atoms with Crippen molar-refractivity contribution in [3.8, 4) is 11.4 Å². The van der Waals surface area contributed by atoms with Gasteiger partial charge in [-0.3, -0.25) is 0 Å². The lowest BCUT2D eigenvalue weighted by Crippen LogP contribution is -2.08. The number of pyridine rings is 1. The summed E-state index contributed by atoms with van der Waals surface area (Å²) in [7, 11) is 0. The van der Waals surface area contributed by atoms with E-state index >= 15 is 0 Å². The molecule has 2 aromatic rings. The summed E-state index contributed by atoms with van der Waals surface area (Å²) in [5.74, 6) is 1.69. The van der Waals surface area contributed by atoms with Crippen molar-refractivity contribution in [2.24, 2.45) is 0 Å². The van der Waals surface area contributed by atoms with Crippen LogP contribution in [0.3, 0.4) is 0 Å². The topological polar surface area (TPSA) is 51.8 Å². The summed E-state index contributed by atoms with van der Waals surface area (Å²) in [5, 5.41) is 4.35. The van der Waals surface area contributed by atoms with E-state index in [4.69, 9.17) is 16.1 Å². The van der Waals surface area contributed by atoms with Crippen LogP contribution in [0.1, 0.15) is 31.1 Å². The third-order valence-corrected chi connectivity index (χ3v) is 3.20. The molecule has 0 radical (unpaired) electrons. The minimum absolute atomic E-state index is 0.406. The molecule has 4 nitrogen and oxygen atoms in total. The van der Waals surface area contributed by atoms with Crippen molar-refractivity contribution >= 4 is 11.6 Å². The minimum atomic E-state index is 0.406. The van der Waals surface area contributed by atoms with Gasteiger partial charge in [0.25, 0.3) is 0 Å². The second kappa shape index (κ2) is 3.87. The van der Waals surface area contributed by atoms with E-state index in [0.29, 0.717) is 16.9 Å². The molecule has 1 fully saturated rings. The second-order valence-corrected chi connectivity index (χ2v) is 4.28. The Kier molecular flexibility index (Phi) is 2.36. The first-order chi connectivity index (χ1) is 7.84. The molecule has 2 aromatic heterocycles. The molecule has 0 atom stereocenters. The van der Waals surface area contributed by atoms with E-state index in [0.717, 1.165) is 24.3 Å². The van der Waals surface area contributed by atoms with E-state index in [1.54, 1.807) is 12.3 Å². The summed E-state index contributed by atoms with van der Waals surface area (Å²) in [6.07, 6.45) is 5.17. The molecular formula is C11H10ClN3O. The SMILES string of the molecule is Clc1ncccc1-c1noc(C2CCC2)n1. The van der Waals surface area contributed by atoms with Gasteiger partial charge < -0.3 is 4.52 Å². The van der Waals surface area contributed by atoms with Crippen molar-refractivity contribution in [1.82, 2.24) is 15.1 Å². The lowest BCUT2D eigenvalue weighted by Gasteiger charge is -2.20. The highest BCUT2D eigenvalue weighted by atomic mass is 35.5. The van der Waals surface area contributed by atoms with Gasteiger partial charge in [-0.05, 0) is 25.0 Å². The van der Waals surface area contributed by atoms with E-state index in [2.05, 4.69) is 15.1 Å². The standard InChI is InChI=1S/C11H10ClN3O/c12-9-8(5-2-6-13-9)10-14-11(16-15-10)7-3-1-4-7/h2,5-7H,1,3-4H2. The van der Waals surface area contributed by atoms with Gasteiger partial charge in [-0.1, -0.05) is 23.2 Å². The molecule has 0 spiro atoms. The van der Waals surface area contributed by atoms with Crippen molar-refractivity contribution in [2.45, 2.75) is 25.2 Å². The predicted molar refractivity (Wildman–Crippen MR) is 59.1 cm³/mol. The third-order valence-electron chi connectivity index (χ3n) is 2.90. The monoisotopic (exact) mass is 235 g/mol. The Hall–Kier alpha value is -1.42. The zero-order chi connectivity index (χ0) is 11.0. The molecule has 1 aliphatic carbocycles. The average molecular weight is 236 g/mol. The smallest absolute Gasteiger partial charge is 0.230 e. The molecule has 0 N–H and O–H groups in total. The molecule has 0 saturated heterocycles.